The van der Waals surface area contributed by atoms with Gasteiger partial charge in [-0.3, -0.25) is 0 Å². The first-order chi connectivity index (χ1) is 12.9. The lowest BCUT2D eigenvalue weighted by atomic mass is 9.87. The molecule has 0 bridgehead atoms. The zero-order valence-electron chi connectivity index (χ0n) is 14.5. The summed E-state index contributed by atoms with van der Waals surface area (Å²) in [5.41, 5.74) is -1.29. The maximum Gasteiger partial charge on any atom is 0.388 e. The van der Waals surface area contributed by atoms with Crippen LogP contribution in [0.4, 0.5) is 0 Å². The van der Waals surface area contributed by atoms with Crippen LogP contribution in [0.25, 0.3) is 0 Å². The minimum absolute atomic E-state index is 0.136. The summed E-state index contributed by atoms with van der Waals surface area (Å²) < 4.78 is 4.86. The van der Waals surface area contributed by atoms with Crippen molar-refractivity contribution in [3.63, 3.8) is 0 Å². The molecule has 5 atom stereocenters. The summed E-state index contributed by atoms with van der Waals surface area (Å²) in [6.07, 6.45) is -8.10. The summed E-state index contributed by atoms with van der Waals surface area (Å²) >= 11 is 0. The van der Waals surface area contributed by atoms with Crippen LogP contribution in [0.15, 0.2) is 11.6 Å². The molecule has 1 aliphatic heterocycles. The van der Waals surface area contributed by atoms with Crippen LogP contribution in [0.1, 0.15) is 13.8 Å². The molecule has 1 saturated heterocycles. The molecule has 0 aromatic rings. The molecule has 1 aliphatic rings. The minimum atomic E-state index is -3.25. The van der Waals surface area contributed by atoms with Crippen LogP contribution in [-0.4, -0.2) is 86.2 Å². The SMILES string of the molecule is CC(=O)OOC(=O)/C=C(\C(=O)OOC(C)=O)C1(O)O[C@H](CO)[C@@H](O)[C@H](O)[C@H]1O. The fourth-order valence-electron chi connectivity index (χ4n) is 2.07. The molecule has 158 valence electrons. The van der Waals surface area contributed by atoms with Crippen LogP contribution in [0.2, 0.25) is 0 Å². The van der Waals surface area contributed by atoms with Crippen LogP contribution in [0.5, 0.6) is 0 Å². The van der Waals surface area contributed by atoms with Crippen molar-refractivity contribution in [1.29, 1.82) is 0 Å². The maximum absolute atomic E-state index is 12.1. The average Bonchev–Trinajstić information content (AvgIpc) is 2.63. The molecular weight excluding hydrogens is 392 g/mol. The second-order valence-electron chi connectivity index (χ2n) is 5.44. The quantitative estimate of drug-likeness (QED) is 0.170. The van der Waals surface area contributed by atoms with E-state index in [9.17, 15) is 44.7 Å². The second-order valence-corrected chi connectivity index (χ2v) is 5.44. The van der Waals surface area contributed by atoms with E-state index in [0.717, 1.165) is 13.8 Å². The lowest BCUT2D eigenvalue weighted by molar-refractivity contribution is -0.334. The molecule has 1 rings (SSSR count). The van der Waals surface area contributed by atoms with Crippen LogP contribution in [-0.2, 0) is 43.5 Å². The molecule has 0 aromatic heterocycles. The third kappa shape index (κ3) is 5.44. The van der Waals surface area contributed by atoms with E-state index in [2.05, 4.69) is 19.6 Å². The lowest BCUT2D eigenvalue weighted by Crippen LogP contribution is -2.66. The molecule has 0 saturated carbocycles. The predicted octanol–water partition coefficient (Wildman–Crippen LogP) is -3.88. The van der Waals surface area contributed by atoms with E-state index in [1.54, 1.807) is 0 Å². The standard InChI is InChI=1S/C14H18O14/c1-5(16)25-27-9(18)3-7(13(22)28-26-6(2)17)14(23)12(21)11(20)10(19)8(4-15)24-14/h3,8,10-12,15,19-21,23H,4H2,1-2H3/b7-3+/t8-,10-,11+,12-,14?/m1/s1. The van der Waals surface area contributed by atoms with Gasteiger partial charge in [-0.2, -0.15) is 0 Å². The van der Waals surface area contributed by atoms with Gasteiger partial charge in [-0.1, -0.05) is 0 Å². The molecule has 0 aromatic carbocycles. The number of carbonyl (C=O) groups is 4. The van der Waals surface area contributed by atoms with Crippen molar-refractivity contribution in [3.8, 4) is 0 Å². The van der Waals surface area contributed by atoms with Crippen molar-refractivity contribution < 1.29 is 69.0 Å². The van der Waals surface area contributed by atoms with E-state index < -0.39 is 66.3 Å². The lowest BCUT2D eigenvalue weighted by Gasteiger charge is -2.45. The summed E-state index contributed by atoms with van der Waals surface area (Å²) in [7, 11) is 0. The van der Waals surface area contributed by atoms with Crippen molar-refractivity contribution in [1.82, 2.24) is 0 Å². The summed E-state index contributed by atoms with van der Waals surface area (Å²) in [5.74, 6) is -8.78. The molecule has 14 heteroatoms. The Morgan fingerprint density at radius 1 is 0.964 bits per heavy atom. The second kappa shape index (κ2) is 9.54. The van der Waals surface area contributed by atoms with Crippen LogP contribution < -0.4 is 0 Å². The van der Waals surface area contributed by atoms with Gasteiger partial charge in [0.25, 0.3) is 0 Å². The first-order valence-electron chi connectivity index (χ1n) is 7.49. The molecule has 1 fully saturated rings. The van der Waals surface area contributed by atoms with Gasteiger partial charge in [-0.05, 0) is 0 Å². The zero-order chi connectivity index (χ0) is 21.6. The highest BCUT2D eigenvalue weighted by atomic mass is 17.2. The third-order valence-corrected chi connectivity index (χ3v) is 3.31. The fraction of sp³-hybridized carbons (Fsp3) is 0.571. The molecule has 0 amide bonds. The minimum Gasteiger partial charge on any atom is -0.394 e. The Balaban J connectivity index is 3.30. The normalized spacial score (nSPS) is 30.2. The average molecular weight is 410 g/mol. The summed E-state index contributed by atoms with van der Waals surface area (Å²) in [6, 6.07) is 0. The Kier molecular flexibility index (Phi) is 7.98. The van der Waals surface area contributed by atoms with Crippen molar-refractivity contribution in [3.05, 3.63) is 11.6 Å². The van der Waals surface area contributed by atoms with Crippen LogP contribution in [0.3, 0.4) is 0 Å². The van der Waals surface area contributed by atoms with E-state index in [1.165, 1.54) is 0 Å². The topological polar surface area (TPSA) is 216 Å². The third-order valence-electron chi connectivity index (χ3n) is 3.31. The van der Waals surface area contributed by atoms with E-state index in [1.807, 2.05) is 0 Å². The van der Waals surface area contributed by atoms with Gasteiger partial charge >= 0.3 is 23.9 Å². The number of aliphatic hydroxyl groups excluding tert-OH is 4. The highest BCUT2D eigenvalue weighted by Gasteiger charge is 2.57. The molecule has 0 spiro atoms. The number of aliphatic hydroxyl groups is 5. The Labute approximate surface area is 156 Å². The first kappa shape index (κ1) is 23.4. The van der Waals surface area contributed by atoms with E-state index in [4.69, 9.17) is 4.74 Å². The molecule has 0 aliphatic carbocycles. The Bertz CT molecular complexity index is 654. The molecule has 14 nitrogen and oxygen atoms in total. The molecular formula is C14H18O14. The van der Waals surface area contributed by atoms with Crippen LogP contribution in [0, 0.1) is 0 Å². The van der Waals surface area contributed by atoms with Gasteiger partial charge < -0.3 is 30.3 Å². The fourth-order valence-corrected chi connectivity index (χ4v) is 2.07. The largest absolute Gasteiger partial charge is 0.394 e. The first-order valence-corrected chi connectivity index (χ1v) is 7.49. The highest BCUT2D eigenvalue weighted by molar-refractivity contribution is 5.98. The number of hydrogen-bond acceptors (Lipinski definition) is 14. The number of rotatable bonds is 4. The molecule has 1 heterocycles. The van der Waals surface area contributed by atoms with Crippen molar-refractivity contribution in [2.75, 3.05) is 6.61 Å². The van der Waals surface area contributed by atoms with Gasteiger partial charge in [0.1, 0.15) is 30.0 Å². The number of ether oxygens (including phenoxy) is 1. The van der Waals surface area contributed by atoms with Crippen molar-refractivity contribution in [2.45, 2.75) is 44.1 Å². The van der Waals surface area contributed by atoms with E-state index in [-0.39, 0.29) is 6.08 Å². The molecule has 28 heavy (non-hydrogen) atoms. The summed E-state index contributed by atoms with van der Waals surface area (Å²) in [5, 5.41) is 49.3. The monoisotopic (exact) mass is 410 g/mol. The summed E-state index contributed by atoms with van der Waals surface area (Å²) in [4.78, 5) is 61.2. The van der Waals surface area contributed by atoms with Crippen molar-refractivity contribution >= 4 is 23.9 Å². The smallest absolute Gasteiger partial charge is 0.388 e. The number of carbonyl (C=O) groups excluding carboxylic acids is 4. The Morgan fingerprint density at radius 2 is 1.50 bits per heavy atom. The van der Waals surface area contributed by atoms with Gasteiger partial charge in [-0.15, -0.1) is 0 Å². The Hall–Kier alpha value is -2.62. The van der Waals surface area contributed by atoms with Gasteiger partial charge in [0, 0.05) is 19.9 Å². The molecule has 5 N–H and O–H groups in total. The number of hydrogen-bond donors (Lipinski definition) is 5. The van der Waals surface area contributed by atoms with Gasteiger partial charge in [0.15, 0.2) is 0 Å². The van der Waals surface area contributed by atoms with E-state index in [0.29, 0.717) is 0 Å². The molecule has 1 unspecified atom stereocenters. The van der Waals surface area contributed by atoms with Gasteiger partial charge in [0.2, 0.25) is 5.79 Å². The van der Waals surface area contributed by atoms with Crippen molar-refractivity contribution in [2.24, 2.45) is 0 Å². The van der Waals surface area contributed by atoms with Gasteiger partial charge in [0.05, 0.1) is 6.61 Å². The predicted molar refractivity (Wildman–Crippen MR) is 78.7 cm³/mol. The molecule has 0 radical (unpaired) electrons. The zero-order valence-corrected chi connectivity index (χ0v) is 14.5. The van der Waals surface area contributed by atoms with Crippen LogP contribution >= 0.6 is 0 Å². The Morgan fingerprint density at radius 3 is 2.00 bits per heavy atom. The highest BCUT2D eigenvalue weighted by Crippen LogP contribution is 2.34. The van der Waals surface area contributed by atoms with Gasteiger partial charge in [-0.25, -0.2) is 38.7 Å². The van der Waals surface area contributed by atoms with E-state index >= 15 is 0 Å². The maximum atomic E-state index is 12.1. The summed E-state index contributed by atoms with van der Waals surface area (Å²) in [6.45, 7) is 0.726.